The lowest BCUT2D eigenvalue weighted by atomic mass is 10.1. The molecule has 0 unspecified atom stereocenters. The van der Waals surface area contributed by atoms with Gasteiger partial charge in [-0.15, -0.1) is 0 Å². The van der Waals surface area contributed by atoms with E-state index in [0.717, 1.165) is 22.2 Å². The third-order valence-corrected chi connectivity index (χ3v) is 7.04. The zero-order valence-corrected chi connectivity index (χ0v) is 16.4. The van der Waals surface area contributed by atoms with Crippen LogP contribution in [0.25, 0.3) is 10.9 Å². The normalized spacial score (nSPS) is 15.5. The molecule has 2 heterocycles. The van der Waals surface area contributed by atoms with Crippen LogP contribution in [-0.4, -0.2) is 43.9 Å². The highest BCUT2D eigenvalue weighted by Crippen LogP contribution is 2.28. The van der Waals surface area contributed by atoms with Crippen molar-refractivity contribution >= 4 is 26.6 Å². The molecule has 0 atom stereocenters. The van der Waals surface area contributed by atoms with Crippen molar-refractivity contribution in [3.8, 4) is 6.07 Å². The van der Waals surface area contributed by atoms with Gasteiger partial charge < -0.3 is 4.90 Å². The number of pyridine rings is 1. The molecule has 0 N–H and O–H groups in total. The van der Waals surface area contributed by atoms with E-state index < -0.39 is 10.0 Å². The Labute approximate surface area is 164 Å². The molecule has 1 saturated heterocycles. The van der Waals surface area contributed by atoms with Gasteiger partial charge >= 0.3 is 0 Å². The monoisotopic (exact) mass is 392 g/mol. The highest BCUT2D eigenvalue weighted by atomic mass is 32.2. The van der Waals surface area contributed by atoms with E-state index in [1.54, 1.807) is 18.3 Å². The summed E-state index contributed by atoms with van der Waals surface area (Å²) in [4.78, 5) is 6.71. The van der Waals surface area contributed by atoms with Gasteiger partial charge in [-0.1, -0.05) is 23.8 Å². The summed E-state index contributed by atoms with van der Waals surface area (Å²) in [5, 5.41) is 10.3. The van der Waals surface area contributed by atoms with Gasteiger partial charge in [0.25, 0.3) is 0 Å². The molecule has 1 aliphatic heterocycles. The van der Waals surface area contributed by atoms with Crippen molar-refractivity contribution in [2.75, 3.05) is 31.1 Å². The SMILES string of the molecule is Cc1ccc2nccc(N3CCN(S(=O)(=O)c4ccccc4C#N)CC3)c2c1. The molecular weight excluding hydrogens is 372 g/mol. The average molecular weight is 392 g/mol. The first-order valence-corrected chi connectivity index (χ1v) is 10.5. The van der Waals surface area contributed by atoms with Crippen LogP contribution in [0.5, 0.6) is 0 Å². The van der Waals surface area contributed by atoms with Gasteiger partial charge in [0.1, 0.15) is 6.07 Å². The number of aromatic nitrogens is 1. The minimum Gasteiger partial charge on any atom is -0.368 e. The Balaban J connectivity index is 1.59. The van der Waals surface area contributed by atoms with E-state index >= 15 is 0 Å². The molecule has 1 aromatic heterocycles. The topological polar surface area (TPSA) is 77.3 Å². The fraction of sp³-hybridized carbons (Fsp3) is 0.238. The fourth-order valence-electron chi connectivity index (χ4n) is 3.61. The van der Waals surface area contributed by atoms with Crippen LogP contribution >= 0.6 is 0 Å². The zero-order chi connectivity index (χ0) is 19.7. The molecule has 142 valence electrons. The van der Waals surface area contributed by atoms with Crippen LogP contribution in [0, 0.1) is 18.3 Å². The first kappa shape index (κ1) is 18.4. The van der Waals surface area contributed by atoms with Gasteiger partial charge in [0.2, 0.25) is 10.0 Å². The fourth-order valence-corrected chi connectivity index (χ4v) is 5.18. The number of hydrogen-bond donors (Lipinski definition) is 0. The first-order chi connectivity index (χ1) is 13.5. The van der Waals surface area contributed by atoms with Crippen LogP contribution < -0.4 is 4.90 Å². The third kappa shape index (κ3) is 3.21. The lowest BCUT2D eigenvalue weighted by Crippen LogP contribution is -2.48. The number of fused-ring (bicyclic) bond motifs is 1. The third-order valence-electron chi connectivity index (χ3n) is 5.08. The number of benzene rings is 2. The number of hydrogen-bond acceptors (Lipinski definition) is 5. The molecule has 3 aromatic rings. The Morgan fingerprint density at radius 1 is 1.04 bits per heavy atom. The molecular formula is C21H20N4O2S. The second-order valence-corrected chi connectivity index (χ2v) is 8.76. The van der Waals surface area contributed by atoms with E-state index in [1.165, 1.54) is 16.4 Å². The highest BCUT2D eigenvalue weighted by molar-refractivity contribution is 7.89. The van der Waals surface area contributed by atoms with Gasteiger partial charge in [-0.05, 0) is 37.3 Å². The molecule has 6 nitrogen and oxygen atoms in total. The van der Waals surface area contributed by atoms with Crippen molar-refractivity contribution in [2.45, 2.75) is 11.8 Å². The molecule has 7 heteroatoms. The van der Waals surface area contributed by atoms with Crippen molar-refractivity contribution in [1.29, 1.82) is 5.26 Å². The predicted octanol–water partition coefficient (Wildman–Crippen LogP) is 2.93. The zero-order valence-electron chi connectivity index (χ0n) is 15.5. The summed E-state index contributed by atoms with van der Waals surface area (Å²) in [6.45, 7) is 3.96. The number of anilines is 1. The Hall–Kier alpha value is -2.95. The summed E-state index contributed by atoms with van der Waals surface area (Å²) in [6, 6.07) is 16.5. The summed E-state index contributed by atoms with van der Waals surface area (Å²) in [6.07, 6.45) is 1.79. The Morgan fingerprint density at radius 3 is 2.54 bits per heavy atom. The van der Waals surface area contributed by atoms with Crippen molar-refractivity contribution in [1.82, 2.24) is 9.29 Å². The second kappa shape index (κ2) is 7.23. The maximum absolute atomic E-state index is 13.0. The minimum absolute atomic E-state index is 0.0796. The van der Waals surface area contributed by atoms with Crippen molar-refractivity contribution < 1.29 is 8.42 Å². The molecule has 0 aliphatic carbocycles. The minimum atomic E-state index is -3.69. The Kier molecular flexibility index (Phi) is 4.75. The van der Waals surface area contributed by atoms with E-state index in [9.17, 15) is 13.7 Å². The maximum atomic E-state index is 13.0. The van der Waals surface area contributed by atoms with Gasteiger partial charge in [-0.2, -0.15) is 9.57 Å². The van der Waals surface area contributed by atoms with Gasteiger partial charge in [0.15, 0.2) is 0 Å². The lowest BCUT2D eigenvalue weighted by Gasteiger charge is -2.36. The molecule has 2 aromatic carbocycles. The van der Waals surface area contributed by atoms with E-state index in [2.05, 4.69) is 16.0 Å². The molecule has 0 radical (unpaired) electrons. The molecule has 0 amide bonds. The lowest BCUT2D eigenvalue weighted by molar-refractivity contribution is 0.385. The quantitative estimate of drug-likeness (QED) is 0.685. The largest absolute Gasteiger partial charge is 0.368 e. The number of nitriles is 1. The molecule has 28 heavy (non-hydrogen) atoms. The van der Waals surface area contributed by atoms with Crippen LogP contribution in [0.2, 0.25) is 0 Å². The number of rotatable bonds is 3. The summed E-state index contributed by atoms with van der Waals surface area (Å²) in [7, 11) is -3.69. The van der Waals surface area contributed by atoms with Gasteiger partial charge in [0, 0.05) is 43.4 Å². The van der Waals surface area contributed by atoms with E-state index in [4.69, 9.17) is 0 Å². The van der Waals surface area contributed by atoms with Crippen LogP contribution in [0.1, 0.15) is 11.1 Å². The van der Waals surface area contributed by atoms with Crippen molar-refractivity contribution in [3.63, 3.8) is 0 Å². The average Bonchev–Trinajstić information content (AvgIpc) is 2.73. The maximum Gasteiger partial charge on any atom is 0.244 e. The van der Waals surface area contributed by atoms with Gasteiger partial charge in [0.05, 0.1) is 16.0 Å². The Bertz CT molecular complexity index is 1180. The standard InChI is InChI=1S/C21H20N4O2S/c1-16-6-7-19-18(14-16)20(8-9-23-19)24-10-12-25(13-11-24)28(26,27)21-5-3-2-4-17(21)15-22/h2-9,14H,10-13H2,1H3. The van der Waals surface area contributed by atoms with Crippen molar-refractivity contribution in [3.05, 3.63) is 65.9 Å². The number of sulfonamides is 1. The molecule has 1 aliphatic rings. The second-order valence-electron chi connectivity index (χ2n) is 6.85. The number of aryl methyl sites for hydroxylation is 1. The van der Waals surface area contributed by atoms with E-state index in [0.29, 0.717) is 26.2 Å². The smallest absolute Gasteiger partial charge is 0.244 e. The summed E-state index contributed by atoms with van der Waals surface area (Å²) in [5.41, 5.74) is 3.35. The van der Waals surface area contributed by atoms with Gasteiger partial charge in [-0.25, -0.2) is 8.42 Å². The van der Waals surface area contributed by atoms with Crippen LogP contribution in [-0.2, 0) is 10.0 Å². The predicted molar refractivity (Wildman–Crippen MR) is 109 cm³/mol. The van der Waals surface area contributed by atoms with Gasteiger partial charge in [-0.3, -0.25) is 4.98 Å². The molecule has 4 rings (SSSR count). The van der Waals surface area contributed by atoms with Crippen LogP contribution in [0.3, 0.4) is 0 Å². The molecule has 0 saturated carbocycles. The number of piperazine rings is 1. The van der Waals surface area contributed by atoms with Crippen LogP contribution in [0.4, 0.5) is 5.69 Å². The summed E-state index contributed by atoms with van der Waals surface area (Å²) < 4.78 is 27.5. The molecule has 0 spiro atoms. The molecule has 0 bridgehead atoms. The number of nitrogens with zero attached hydrogens (tertiary/aromatic N) is 4. The van der Waals surface area contributed by atoms with Crippen LogP contribution in [0.15, 0.2) is 59.6 Å². The van der Waals surface area contributed by atoms with E-state index in [1.807, 2.05) is 31.2 Å². The summed E-state index contributed by atoms with van der Waals surface area (Å²) >= 11 is 0. The highest BCUT2D eigenvalue weighted by Gasteiger charge is 2.30. The summed E-state index contributed by atoms with van der Waals surface area (Å²) in [5.74, 6) is 0. The first-order valence-electron chi connectivity index (χ1n) is 9.10. The van der Waals surface area contributed by atoms with Crippen molar-refractivity contribution in [2.24, 2.45) is 0 Å². The van der Waals surface area contributed by atoms with E-state index in [-0.39, 0.29) is 10.5 Å². The molecule has 1 fully saturated rings. The Morgan fingerprint density at radius 2 is 1.79 bits per heavy atom.